The fourth-order valence-corrected chi connectivity index (χ4v) is 1.58. The molecule has 11 heteroatoms. The van der Waals surface area contributed by atoms with Crippen LogP contribution in [0.3, 0.4) is 0 Å². The van der Waals surface area contributed by atoms with Gasteiger partial charge in [-0.05, 0) is 6.92 Å². The smallest absolute Gasteiger partial charge is 0.361 e. The van der Waals surface area contributed by atoms with Crippen molar-refractivity contribution in [2.45, 2.75) is 18.6 Å². The van der Waals surface area contributed by atoms with Crippen molar-refractivity contribution < 1.29 is 13.2 Å². The van der Waals surface area contributed by atoms with Crippen LogP contribution in [0.15, 0.2) is 16.0 Å². The number of nitrogens with one attached hydrogen (secondary N) is 4. The van der Waals surface area contributed by atoms with Gasteiger partial charge in [0.1, 0.15) is 5.52 Å². The number of hydrogen-bond donors (Lipinski definition) is 4. The average Bonchev–Trinajstić information content (AvgIpc) is 3.03. The van der Waals surface area contributed by atoms with Gasteiger partial charge in [-0.3, -0.25) is 9.98 Å². The molecular weight excluding hydrogens is 303 g/mol. The highest BCUT2D eigenvalue weighted by Gasteiger charge is 2.52. The van der Waals surface area contributed by atoms with Crippen molar-refractivity contribution in [2.75, 3.05) is 18.9 Å². The normalized spacial score (nSPS) is 20.4. The number of nitrogens with zero attached hydrogens (tertiary/aromatic N) is 3. The number of halogens is 3. The number of rotatable bonds is 1. The number of anilines is 1. The number of hydrogen-bond acceptors (Lipinski definition) is 6. The van der Waals surface area contributed by atoms with Crippen molar-refractivity contribution in [3.05, 3.63) is 16.7 Å². The summed E-state index contributed by atoms with van der Waals surface area (Å²) in [5.41, 5.74) is -0.988. The third-order valence-corrected chi connectivity index (χ3v) is 3.00. The number of H-pyrrole nitrogens is 2. The van der Waals surface area contributed by atoms with Gasteiger partial charge in [-0.25, -0.2) is 9.78 Å². The molecule has 0 spiro atoms. The van der Waals surface area contributed by atoms with Gasteiger partial charge in [-0.1, -0.05) is 0 Å². The first-order chi connectivity index (χ1) is 10.2. The van der Waals surface area contributed by atoms with E-state index in [1.165, 1.54) is 0 Å². The Balaban J connectivity index is 0.000000164. The molecule has 22 heavy (non-hydrogen) atoms. The summed E-state index contributed by atoms with van der Waals surface area (Å²) in [7, 11) is 1.71. The molecule has 0 fully saturated rings. The van der Waals surface area contributed by atoms with Crippen molar-refractivity contribution in [1.29, 1.82) is 0 Å². The van der Waals surface area contributed by atoms with Crippen LogP contribution in [0, 0.1) is 0 Å². The lowest BCUT2D eigenvalue weighted by molar-refractivity contribution is -0.181. The molecule has 0 radical (unpaired) electrons. The van der Waals surface area contributed by atoms with Gasteiger partial charge >= 0.3 is 11.9 Å². The first-order valence-corrected chi connectivity index (χ1v) is 6.21. The number of imidazole rings is 1. The van der Waals surface area contributed by atoms with Gasteiger partial charge in [0.25, 0.3) is 0 Å². The molecule has 0 saturated carbocycles. The second-order valence-electron chi connectivity index (χ2n) is 4.73. The van der Waals surface area contributed by atoms with Crippen LogP contribution in [0.4, 0.5) is 19.1 Å². The molecule has 3 heterocycles. The second-order valence-corrected chi connectivity index (χ2v) is 4.73. The molecule has 3 rings (SSSR count). The third-order valence-electron chi connectivity index (χ3n) is 3.00. The Labute approximate surface area is 122 Å². The van der Waals surface area contributed by atoms with Crippen LogP contribution in [0.25, 0.3) is 11.2 Å². The van der Waals surface area contributed by atoms with Gasteiger partial charge < -0.3 is 15.6 Å². The summed E-state index contributed by atoms with van der Waals surface area (Å²) in [4.78, 5) is 27.2. The number of aromatic nitrogens is 4. The Hall–Kier alpha value is -2.59. The van der Waals surface area contributed by atoms with E-state index in [4.69, 9.17) is 0 Å². The summed E-state index contributed by atoms with van der Waals surface area (Å²) in [6.45, 7) is 0.858. The molecular formula is C11H14F3N7O. The van der Waals surface area contributed by atoms with E-state index in [1.807, 2.05) is 0 Å². The van der Waals surface area contributed by atoms with E-state index in [2.05, 4.69) is 35.6 Å². The Morgan fingerprint density at radius 3 is 2.59 bits per heavy atom. The molecule has 0 aromatic carbocycles. The summed E-state index contributed by atoms with van der Waals surface area (Å²) in [5.74, 6) is 0.484. The van der Waals surface area contributed by atoms with E-state index >= 15 is 0 Å². The van der Waals surface area contributed by atoms with E-state index in [-0.39, 0.29) is 12.2 Å². The van der Waals surface area contributed by atoms with Crippen molar-refractivity contribution in [3.63, 3.8) is 0 Å². The highest BCUT2D eigenvalue weighted by Crippen LogP contribution is 2.31. The molecule has 0 saturated heterocycles. The quantitative estimate of drug-likeness (QED) is 0.616. The summed E-state index contributed by atoms with van der Waals surface area (Å²) in [6, 6.07) is 0. The Bertz CT molecular complexity index is 725. The van der Waals surface area contributed by atoms with Gasteiger partial charge in [0, 0.05) is 7.05 Å². The molecule has 4 N–H and O–H groups in total. The summed E-state index contributed by atoms with van der Waals surface area (Å²) >= 11 is 0. The molecule has 1 unspecified atom stereocenters. The number of aromatic amines is 2. The van der Waals surface area contributed by atoms with Crippen LogP contribution in [0.5, 0.6) is 0 Å². The fourth-order valence-electron chi connectivity index (χ4n) is 1.58. The second kappa shape index (κ2) is 5.66. The minimum Gasteiger partial charge on any atom is -0.361 e. The minimum atomic E-state index is -4.22. The largest absolute Gasteiger partial charge is 0.412 e. The zero-order chi connectivity index (χ0) is 16.4. The molecule has 1 aliphatic rings. The van der Waals surface area contributed by atoms with Gasteiger partial charge in [-0.2, -0.15) is 18.2 Å². The monoisotopic (exact) mass is 317 g/mol. The zero-order valence-electron chi connectivity index (χ0n) is 11.7. The van der Waals surface area contributed by atoms with Crippen LogP contribution in [-0.2, 0) is 0 Å². The molecule has 0 amide bonds. The van der Waals surface area contributed by atoms with Crippen molar-refractivity contribution >= 4 is 23.5 Å². The van der Waals surface area contributed by atoms with E-state index in [1.54, 1.807) is 13.2 Å². The molecule has 120 valence electrons. The number of aliphatic imine (C=N–C) groups is 1. The van der Waals surface area contributed by atoms with E-state index in [9.17, 15) is 18.0 Å². The maximum absolute atomic E-state index is 12.0. The van der Waals surface area contributed by atoms with E-state index < -0.39 is 11.7 Å². The van der Waals surface area contributed by atoms with Gasteiger partial charge in [0.15, 0.2) is 11.2 Å². The highest BCUT2D eigenvalue weighted by molar-refractivity contribution is 5.69. The van der Waals surface area contributed by atoms with Crippen LogP contribution >= 0.6 is 0 Å². The lowest BCUT2D eigenvalue weighted by Gasteiger charge is -2.26. The van der Waals surface area contributed by atoms with Gasteiger partial charge in [-0.15, -0.1) is 0 Å². The Kier molecular flexibility index (Phi) is 4.06. The first-order valence-electron chi connectivity index (χ1n) is 6.21. The number of fused-ring (bicyclic) bond motifs is 1. The predicted molar refractivity (Wildman–Crippen MR) is 75.0 cm³/mol. The lowest BCUT2D eigenvalue weighted by Crippen LogP contribution is -2.53. The summed E-state index contributed by atoms with van der Waals surface area (Å²) < 4.78 is 36.0. The third kappa shape index (κ3) is 3.18. The number of alkyl halides is 3. The van der Waals surface area contributed by atoms with Crippen molar-refractivity contribution in [2.24, 2.45) is 4.99 Å². The highest BCUT2D eigenvalue weighted by atomic mass is 19.4. The van der Waals surface area contributed by atoms with Gasteiger partial charge in [0.05, 0.1) is 19.1 Å². The molecule has 0 bridgehead atoms. The topological polar surface area (TPSA) is 111 Å². The average molecular weight is 317 g/mol. The summed E-state index contributed by atoms with van der Waals surface area (Å²) in [6.07, 6.45) is -1.58. The van der Waals surface area contributed by atoms with Crippen molar-refractivity contribution in [1.82, 2.24) is 25.3 Å². The fraction of sp³-hybridized carbons (Fsp3) is 0.455. The lowest BCUT2D eigenvalue weighted by atomic mass is 10.0. The van der Waals surface area contributed by atoms with E-state index in [0.29, 0.717) is 17.1 Å². The van der Waals surface area contributed by atoms with Crippen LogP contribution in [0.1, 0.15) is 6.92 Å². The SMILES string of the molecule is CC1(C(F)(F)F)CN=CN1.CNc1ncc2[nH]c(=O)[nH]c2n1. The van der Waals surface area contributed by atoms with Crippen LogP contribution in [0.2, 0.25) is 0 Å². The zero-order valence-corrected chi connectivity index (χ0v) is 11.7. The molecule has 8 nitrogen and oxygen atoms in total. The standard InChI is InChI=1S/C6H7N5O.C5H7F3N2/c1-7-5-8-2-3-4(10-5)11-6(12)9-3;1-4(5(6,7)8)2-9-3-10-4/h2H,1H3,(H3,7,8,9,10,11,12);3H,2H2,1H3,(H,9,10). The maximum atomic E-state index is 12.0. The first kappa shape index (κ1) is 15.8. The molecule has 0 aliphatic carbocycles. The minimum absolute atomic E-state index is 0.226. The Morgan fingerprint density at radius 2 is 2.09 bits per heavy atom. The predicted octanol–water partition coefficient (Wildman–Crippen LogP) is 0.627. The maximum Gasteiger partial charge on any atom is 0.412 e. The van der Waals surface area contributed by atoms with Gasteiger partial charge in [0.2, 0.25) is 5.95 Å². The Morgan fingerprint density at radius 1 is 1.36 bits per heavy atom. The van der Waals surface area contributed by atoms with E-state index in [0.717, 1.165) is 13.3 Å². The molecule has 2 aromatic rings. The summed E-state index contributed by atoms with van der Waals surface area (Å²) in [5, 5.41) is 4.93. The van der Waals surface area contributed by atoms with Crippen LogP contribution in [-0.4, -0.2) is 51.6 Å². The molecule has 1 aliphatic heterocycles. The molecule has 1 atom stereocenters. The van der Waals surface area contributed by atoms with Crippen molar-refractivity contribution in [3.8, 4) is 0 Å². The van der Waals surface area contributed by atoms with Crippen LogP contribution < -0.4 is 16.3 Å². The molecule has 2 aromatic heterocycles.